The third kappa shape index (κ3) is 1.97. The molecule has 2 fully saturated rings. The molecule has 0 radical (unpaired) electrons. The Morgan fingerprint density at radius 3 is 2.74 bits per heavy atom. The SMILES string of the molecule is c1cc2cc(NC3CCC34CCCCC4)ccc2s1. The number of thiophene rings is 1. The molecule has 2 aliphatic rings. The maximum atomic E-state index is 3.83. The molecule has 0 bridgehead atoms. The van der Waals surface area contributed by atoms with Gasteiger partial charge in [0.05, 0.1) is 0 Å². The van der Waals surface area contributed by atoms with Gasteiger partial charge in [0.15, 0.2) is 0 Å². The third-order valence-corrected chi connectivity index (χ3v) is 6.21. The first-order chi connectivity index (χ1) is 9.36. The predicted octanol–water partition coefficient (Wildman–Crippen LogP) is 5.43. The molecule has 4 rings (SSSR count). The summed E-state index contributed by atoms with van der Waals surface area (Å²) in [4.78, 5) is 0. The first-order valence-corrected chi connectivity index (χ1v) is 8.48. The van der Waals surface area contributed by atoms with Crippen LogP contribution in [0.1, 0.15) is 44.9 Å². The highest BCUT2D eigenvalue weighted by Crippen LogP contribution is 2.52. The zero-order valence-corrected chi connectivity index (χ0v) is 12.1. The monoisotopic (exact) mass is 271 g/mol. The van der Waals surface area contributed by atoms with E-state index >= 15 is 0 Å². The van der Waals surface area contributed by atoms with E-state index in [1.54, 1.807) is 0 Å². The van der Waals surface area contributed by atoms with Crippen molar-refractivity contribution in [1.82, 2.24) is 0 Å². The van der Waals surface area contributed by atoms with E-state index in [0.717, 1.165) is 6.04 Å². The number of nitrogens with one attached hydrogen (secondary N) is 1. The van der Waals surface area contributed by atoms with Crippen LogP contribution in [-0.4, -0.2) is 6.04 Å². The van der Waals surface area contributed by atoms with Crippen molar-refractivity contribution < 1.29 is 0 Å². The Morgan fingerprint density at radius 2 is 1.95 bits per heavy atom. The minimum atomic E-state index is 0.641. The number of fused-ring (bicyclic) bond motifs is 1. The number of benzene rings is 1. The molecule has 2 aromatic rings. The Bertz CT molecular complexity index is 580. The van der Waals surface area contributed by atoms with Crippen LogP contribution in [0.4, 0.5) is 5.69 Å². The maximum absolute atomic E-state index is 3.83. The molecule has 0 aliphatic heterocycles. The molecule has 1 atom stereocenters. The lowest BCUT2D eigenvalue weighted by molar-refractivity contribution is 0.0571. The van der Waals surface area contributed by atoms with Crippen LogP contribution in [0, 0.1) is 5.41 Å². The normalized spacial score (nSPS) is 25.4. The molecule has 1 unspecified atom stereocenters. The van der Waals surface area contributed by atoms with Gasteiger partial charge in [-0.15, -0.1) is 11.3 Å². The quantitative estimate of drug-likeness (QED) is 0.768. The van der Waals surface area contributed by atoms with Crippen LogP contribution >= 0.6 is 11.3 Å². The van der Waals surface area contributed by atoms with E-state index in [9.17, 15) is 0 Å². The fourth-order valence-electron chi connectivity index (χ4n) is 4.03. The topological polar surface area (TPSA) is 12.0 Å². The Kier molecular flexibility index (Phi) is 2.80. The second-order valence-electron chi connectivity index (χ2n) is 6.33. The molecule has 1 spiro atoms. The van der Waals surface area contributed by atoms with Gasteiger partial charge in [-0.2, -0.15) is 0 Å². The molecule has 1 aromatic heterocycles. The highest BCUT2D eigenvalue weighted by atomic mass is 32.1. The van der Waals surface area contributed by atoms with Crippen LogP contribution < -0.4 is 5.32 Å². The Hall–Kier alpha value is -1.02. The number of anilines is 1. The van der Waals surface area contributed by atoms with E-state index in [1.165, 1.54) is 60.7 Å². The molecule has 1 heterocycles. The van der Waals surface area contributed by atoms with Crippen molar-refractivity contribution >= 4 is 27.1 Å². The standard InChI is InChI=1S/C17H21NS/c1-2-8-17(9-3-1)10-6-16(17)18-14-4-5-15-13(12-14)7-11-19-15/h4-5,7,11-12,16,18H,1-3,6,8-10H2. The van der Waals surface area contributed by atoms with Crippen molar-refractivity contribution in [3.8, 4) is 0 Å². The molecule has 1 aromatic carbocycles. The number of rotatable bonds is 2. The summed E-state index contributed by atoms with van der Waals surface area (Å²) < 4.78 is 1.39. The van der Waals surface area contributed by atoms with Gasteiger partial charge in [0.1, 0.15) is 0 Å². The van der Waals surface area contributed by atoms with Gasteiger partial charge in [0, 0.05) is 16.4 Å². The van der Waals surface area contributed by atoms with Crippen LogP contribution in [-0.2, 0) is 0 Å². The molecule has 0 saturated heterocycles. The lowest BCUT2D eigenvalue weighted by atomic mass is 9.57. The molecule has 2 heteroatoms. The fraction of sp³-hybridized carbons (Fsp3) is 0.529. The van der Waals surface area contributed by atoms with E-state index in [-0.39, 0.29) is 0 Å². The van der Waals surface area contributed by atoms with E-state index in [0.29, 0.717) is 5.41 Å². The second-order valence-corrected chi connectivity index (χ2v) is 7.28. The molecule has 0 amide bonds. The average molecular weight is 271 g/mol. The average Bonchev–Trinajstić information content (AvgIpc) is 2.92. The van der Waals surface area contributed by atoms with Gasteiger partial charge in [0.25, 0.3) is 0 Å². The number of hydrogen-bond acceptors (Lipinski definition) is 2. The molecule has 2 saturated carbocycles. The Labute approximate surface area is 119 Å². The van der Waals surface area contributed by atoms with Gasteiger partial charge < -0.3 is 5.32 Å². The lowest BCUT2D eigenvalue weighted by Gasteiger charge is -2.52. The van der Waals surface area contributed by atoms with Crippen LogP contribution in [0.25, 0.3) is 10.1 Å². The van der Waals surface area contributed by atoms with Gasteiger partial charge in [-0.1, -0.05) is 19.3 Å². The molecular weight excluding hydrogens is 250 g/mol. The van der Waals surface area contributed by atoms with Crippen LogP contribution in [0.2, 0.25) is 0 Å². The maximum Gasteiger partial charge on any atom is 0.0349 e. The van der Waals surface area contributed by atoms with Crippen molar-refractivity contribution in [1.29, 1.82) is 0 Å². The minimum absolute atomic E-state index is 0.641. The zero-order chi connectivity index (χ0) is 12.7. The predicted molar refractivity (Wildman–Crippen MR) is 84.0 cm³/mol. The molecule has 1 N–H and O–H groups in total. The first-order valence-electron chi connectivity index (χ1n) is 7.60. The summed E-state index contributed by atoms with van der Waals surface area (Å²) >= 11 is 1.83. The summed E-state index contributed by atoms with van der Waals surface area (Å²) in [6.45, 7) is 0. The molecule has 1 nitrogen and oxygen atoms in total. The second kappa shape index (κ2) is 4.52. The summed E-state index contributed by atoms with van der Waals surface area (Å²) in [5.74, 6) is 0. The molecule has 100 valence electrons. The van der Waals surface area contributed by atoms with Gasteiger partial charge in [-0.3, -0.25) is 0 Å². The van der Waals surface area contributed by atoms with Crippen molar-refractivity contribution in [2.45, 2.75) is 51.0 Å². The van der Waals surface area contributed by atoms with Gasteiger partial charge in [0.2, 0.25) is 0 Å². The van der Waals surface area contributed by atoms with E-state index in [2.05, 4.69) is 35.0 Å². The Balaban J connectivity index is 1.54. The van der Waals surface area contributed by atoms with Crippen LogP contribution in [0.15, 0.2) is 29.6 Å². The molecule has 2 aliphatic carbocycles. The summed E-state index contributed by atoms with van der Waals surface area (Å²) in [6, 6.07) is 9.79. The van der Waals surface area contributed by atoms with E-state index in [1.807, 2.05) is 11.3 Å². The van der Waals surface area contributed by atoms with E-state index < -0.39 is 0 Å². The van der Waals surface area contributed by atoms with Crippen molar-refractivity contribution in [2.24, 2.45) is 5.41 Å². The summed E-state index contributed by atoms with van der Waals surface area (Å²) in [7, 11) is 0. The van der Waals surface area contributed by atoms with E-state index in [4.69, 9.17) is 0 Å². The van der Waals surface area contributed by atoms with Gasteiger partial charge in [-0.25, -0.2) is 0 Å². The van der Waals surface area contributed by atoms with Crippen molar-refractivity contribution in [3.05, 3.63) is 29.6 Å². The summed E-state index contributed by atoms with van der Waals surface area (Å²) in [5, 5.41) is 7.39. The highest BCUT2D eigenvalue weighted by Gasteiger charge is 2.46. The van der Waals surface area contributed by atoms with Crippen molar-refractivity contribution in [2.75, 3.05) is 5.32 Å². The third-order valence-electron chi connectivity index (χ3n) is 5.31. The summed E-state index contributed by atoms with van der Waals surface area (Å²) in [6.07, 6.45) is 10.1. The lowest BCUT2D eigenvalue weighted by Crippen LogP contribution is -2.50. The molecule has 19 heavy (non-hydrogen) atoms. The summed E-state index contributed by atoms with van der Waals surface area (Å²) in [5.41, 5.74) is 1.96. The first kappa shape index (κ1) is 11.8. The van der Waals surface area contributed by atoms with Gasteiger partial charge >= 0.3 is 0 Å². The van der Waals surface area contributed by atoms with Gasteiger partial charge in [-0.05, 0) is 66.1 Å². The minimum Gasteiger partial charge on any atom is -0.382 e. The molecular formula is C17H21NS. The van der Waals surface area contributed by atoms with Crippen molar-refractivity contribution in [3.63, 3.8) is 0 Å². The Morgan fingerprint density at radius 1 is 1.05 bits per heavy atom. The van der Waals surface area contributed by atoms with Crippen LogP contribution in [0.3, 0.4) is 0 Å². The largest absolute Gasteiger partial charge is 0.382 e. The number of hydrogen-bond donors (Lipinski definition) is 1. The fourth-order valence-corrected chi connectivity index (χ4v) is 4.81. The van der Waals surface area contributed by atoms with Crippen LogP contribution in [0.5, 0.6) is 0 Å². The zero-order valence-electron chi connectivity index (χ0n) is 11.3. The highest BCUT2D eigenvalue weighted by molar-refractivity contribution is 7.17. The smallest absolute Gasteiger partial charge is 0.0349 e.